The first-order valence-electron chi connectivity index (χ1n) is 4.59. The number of aromatic nitrogens is 1. The quantitative estimate of drug-likeness (QED) is 0.772. The van der Waals surface area contributed by atoms with E-state index < -0.39 is 0 Å². The van der Waals surface area contributed by atoms with Crippen molar-refractivity contribution in [3.8, 4) is 0 Å². The molecule has 0 aliphatic heterocycles. The Morgan fingerprint density at radius 2 is 2.13 bits per heavy atom. The highest BCUT2D eigenvalue weighted by Gasteiger charge is 2.04. The fourth-order valence-corrected chi connectivity index (χ4v) is 1.57. The van der Waals surface area contributed by atoms with Crippen LogP contribution in [0, 0.1) is 12.7 Å². The minimum atomic E-state index is -0.276. The van der Waals surface area contributed by atoms with Gasteiger partial charge in [0.15, 0.2) is 0 Å². The molecule has 1 aromatic heterocycles. The highest BCUT2D eigenvalue weighted by Crippen LogP contribution is 2.20. The van der Waals surface area contributed by atoms with Crippen LogP contribution < -0.4 is 5.73 Å². The molecule has 0 bridgehead atoms. The Morgan fingerprint density at radius 3 is 2.80 bits per heavy atom. The van der Waals surface area contributed by atoms with Crippen molar-refractivity contribution in [3.63, 3.8) is 0 Å². The monoisotopic (exact) mass is 202 g/mol. The molecule has 0 spiro atoms. The van der Waals surface area contributed by atoms with Crippen molar-refractivity contribution in [2.75, 3.05) is 0 Å². The Balaban J connectivity index is 2.77. The Morgan fingerprint density at radius 1 is 1.40 bits per heavy atom. The van der Waals surface area contributed by atoms with Crippen LogP contribution in [0.25, 0.3) is 16.6 Å². The highest BCUT2D eigenvalue weighted by molar-refractivity contribution is 5.83. The predicted molar refractivity (Wildman–Crippen MR) is 59.7 cm³/mol. The molecule has 0 saturated carbocycles. The molecule has 1 aromatic carbocycles. The summed E-state index contributed by atoms with van der Waals surface area (Å²) in [5.74, 6) is -0.276. The Kier molecular flexibility index (Phi) is 2.15. The van der Waals surface area contributed by atoms with E-state index in [-0.39, 0.29) is 5.82 Å². The third-order valence-electron chi connectivity index (χ3n) is 2.31. The average molecular weight is 202 g/mol. The molecule has 0 aliphatic carbocycles. The van der Waals surface area contributed by atoms with Crippen molar-refractivity contribution >= 4 is 16.6 Å². The third-order valence-corrected chi connectivity index (χ3v) is 2.31. The molecule has 15 heavy (non-hydrogen) atoms. The van der Waals surface area contributed by atoms with Crippen LogP contribution in [0.15, 0.2) is 30.8 Å². The normalized spacial score (nSPS) is 10.5. The van der Waals surface area contributed by atoms with Crippen molar-refractivity contribution in [3.05, 3.63) is 47.9 Å². The first kappa shape index (κ1) is 9.65. The molecular formula is C12H11FN2. The van der Waals surface area contributed by atoms with Crippen molar-refractivity contribution in [1.29, 1.82) is 0 Å². The maximum absolute atomic E-state index is 13.0. The van der Waals surface area contributed by atoms with E-state index >= 15 is 0 Å². The fourth-order valence-electron chi connectivity index (χ4n) is 1.57. The average Bonchev–Trinajstić information content (AvgIpc) is 2.17. The molecular weight excluding hydrogens is 191 g/mol. The van der Waals surface area contributed by atoms with Crippen LogP contribution in [0.2, 0.25) is 0 Å². The third kappa shape index (κ3) is 1.68. The number of pyridine rings is 1. The Labute approximate surface area is 87.2 Å². The van der Waals surface area contributed by atoms with Crippen molar-refractivity contribution in [2.24, 2.45) is 5.73 Å². The van der Waals surface area contributed by atoms with E-state index in [4.69, 9.17) is 5.73 Å². The summed E-state index contributed by atoms with van der Waals surface area (Å²) in [6.45, 7) is 5.52. The van der Waals surface area contributed by atoms with Crippen LogP contribution in [0.4, 0.5) is 4.39 Å². The lowest BCUT2D eigenvalue weighted by Gasteiger charge is -2.06. The number of hydrogen-bond donors (Lipinski definition) is 1. The molecule has 0 aliphatic rings. The number of nitrogens with two attached hydrogens (primary N) is 1. The molecule has 0 saturated heterocycles. The molecule has 2 rings (SSSR count). The fraction of sp³-hybridized carbons (Fsp3) is 0.0833. The van der Waals surface area contributed by atoms with E-state index in [1.54, 1.807) is 6.07 Å². The number of fused-ring (bicyclic) bond motifs is 1. The molecule has 0 radical (unpaired) electrons. The minimum absolute atomic E-state index is 0.276. The first-order valence-corrected chi connectivity index (χ1v) is 4.59. The van der Waals surface area contributed by atoms with E-state index in [9.17, 15) is 4.39 Å². The van der Waals surface area contributed by atoms with Crippen molar-refractivity contribution in [2.45, 2.75) is 6.92 Å². The van der Waals surface area contributed by atoms with Gasteiger partial charge < -0.3 is 5.73 Å². The molecule has 0 fully saturated rings. The molecule has 0 amide bonds. The maximum Gasteiger partial charge on any atom is 0.123 e. The van der Waals surface area contributed by atoms with Crippen LogP contribution in [0.5, 0.6) is 0 Å². The summed E-state index contributed by atoms with van der Waals surface area (Å²) in [5, 5.41) is 0.738. The van der Waals surface area contributed by atoms with Gasteiger partial charge in [0.1, 0.15) is 5.82 Å². The lowest BCUT2D eigenvalue weighted by Crippen LogP contribution is -1.99. The summed E-state index contributed by atoms with van der Waals surface area (Å²) < 4.78 is 13.0. The maximum atomic E-state index is 13.0. The number of rotatable bonds is 1. The van der Waals surface area contributed by atoms with Crippen LogP contribution in [-0.2, 0) is 0 Å². The standard InChI is InChI=1S/C12H11FN2/c1-7(14)11-6-9-5-10(13)3-4-12(9)15-8(11)2/h3-6H,1,14H2,2H3. The molecule has 2 nitrogen and oxygen atoms in total. The van der Waals surface area contributed by atoms with E-state index in [1.165, 1.54) is 12.1 Å². The van der Waals surface area contributed by atoms with Gasteiger partial charge in [0.2, 0.25) is 0 Å². The minimum Gasteiger partial charge on any atom is -0.399 e. The van der Waals surface area contributed by atoms with Gasteiger partial charge in [-0.3, -0.25) is 4.98 Å². The topological polar surface area (TPSA) is 38.9 Å². The lowest BCUT2D eigenvalue weighted by atomic mass is 10.1. The Bertz CT molecular complexity index is 547. The molecule has 0 atom stereocenters. The van der Waals surface area contributed by atoms with Gasteiger partial charge in [-0.15, -0.1) is 0 Å². The van der Waals surface area contributed by atoms with Crippen LogP contribution in [-0.4, -0.2) is 4.98 Å². The number of aryl methyl sites for hydroxylation is 1. The van der Waals surface area contributed by atoms with Gasteiger partial charge in [-0.05, 0) is 31.2 Å². The number of hydrogen-bond acceptors (Lipinski definition) is 2. The van der Waals surface area contributed by atoms with E-state index in [2.05, 4.69) is 11.6 Å². The zero-order valence-corrected chi connectivity index (χ0v) is 8.42. The zero-order valence-electron chi connectivity index (χ0n) is 8.42. The summed E-state index contributed by atoms with van der Waals surface area (Å²) in [6, 6.07) is 6.30. The lowest BCUT2D eigenvalue weighted by molar-refractivity contribution is 0.629. The Hall–Kier alpha value is -1.90. The largest absolute Gasteiger partial charge is 0.399 e. The van der Waals surface area contributed by atoms with Gasteiger partial charge in [0.25, 0.3) is 0 Å². The summed E-state index contributed by atoms with van der Waals surface area (Å²) in [5.41, 5.74) is 8.41. The van der Waals surface area contributed by atoms with Crippen molar-refractivity contribution < 1.29 is 4.39 Å². The molecule has 2 N–H and O–H groups in total. The zero-order chi connectivity index (χ0) is 11.0. The second-order valence-electron chi connectivity index (χ2n) is 3.48. The smallest absolute Gasteiger partial charge is 0.123 e. The van der Waals surface area contributed by atoms with Gasteiger partial charge in [-0.25, -0.2) is 4.39 Å². The molecule has 2 aromatic rings. The SMILES string of the molecule is C=C(N)c1cc2cc(F)ccc2nc1C. The van der Waals surface area contributed by atoms with Crippen LogP contribution >= 0.6 is 0 Å². The molecule has 1 heterocycles. The molecule has 3 heteroatoms. The van der Waals surface area contributed by atoms with E-state index in [1.807, 2.05) is 13.0 Å². The first-order chi connectivity index (χ1) is 7.08. The second-order valence-corrected chi connectivity index (χ2v) is 3.48. The van der Waals surface area contributed by atoms with Gasteiger partial charge in [0, 0.05) is 22.3 Å². The summed E-state index contributed by atoms with van der Waals surface area (Å²) in [4.78, 5) is 4.33. The number of benzene rings is 1. The summed E-state index contributed by atoms with van der Waals surface area (Å²) in [6.07, 6.45) is 0. The molecule has 76 valence electrons. The van der Waals surface area contributed by atoms with E-state index in [0.29, 0.717) is 5.70 Å². The van der Waals surface area contributed by atoms with Crippen LogP contribution in [0.1, 0.15) is 11.3 Å². The van der Waals surface area contributed by atoms with Gasteiger partial charge in [-0.1, -0.05) is 6.58 Å². The second kappa shape index (κ2) is 3.35. The highest BCUT2D eigenvalue weighted by atomic mass is 19.1. The van der Waals surface area contributed by atoms with Gasteiger partial charge in [0.05, 0.1) is 5.52 Å². The summed E-state index contributed by atoms with van der Waals surface area (Å²) in [7, 11) is 0. The number of halogens is 1. The molecule has 0 unspecified atom stereocenters. The van der Waals surface area contributed by atoms with Crippen LogP contribution in [0.3, 0.4) is 0 Å². The summed E-state index contributed by atoms with van der Waals surface area (Å²) >= 11 is 0. The van der Waals surface area contributed by atoms with E-state index in [0.717, 1.165) is 22.2 Å². The van der Waals surface area contributed by atoms with Gasteiger partial charge >= 0.3 is 0 Å². The predicted octanol–water partition coefficient (Wildman–Crippen LogP) is 2.61. The number of nitrogens with zero attached hydrogens (tertiary/aromatic N) is 1. The van der Waals surface area contributed by atoms with Crippen molar-refractivity contribution in [1.82, 2.24) is 4.98 Å². The van der Waals surface area contributed by atoms with Gasteiger partial charge in [-0.2, -0.15) is 0 Å².